The summed E-state index contributed by atoms with van der Waals surface area (Å²) in [4.78, 5) is 52.5. The van der Waals surface area contributed by atoms with E-state index in [0.29, 0.717) is 69.0 Å². The number of hydrogen-bond donors (Lipinski definition) is 1. The van der Waals surface area contributed by atoms with Crippen molar-refractivity contribution in [3.05, 3.63) is 85.8 Å². The number of anilines is 2. The van der Waals surface area contributed by atoms with Gasteiger partial charge in [-0.15, -0.1) is 0 Å². The molecule has 2 aliphatic rings. The molecule has 13 nitrogen and oxygen atoms in total. The maximum Gasteiger partial charge on any atom is 0.335 e. The van der Waals surface area contributed by atoms with Crippen molar-refractivity contribution >= 4 is 53.0 Å². The van der Waals surface area contributed by atoms with Crippen LogP contribution in [0.2, 0.25) is 10.0 Å². The van der Waals surface area contributed by atoms with E-state index in [0.717, 1.165) is 81.2 Å². The van der Waals surface area contributed by atoms with Crippen molar-refractivity contribution in [2.75, 3.05) is 76.8 Å². The van der Waals surface area contributed by atoms with Crippen LogP contribution in [0.3, 0.4) is 0 Å². The van der Waals surface area contributed by atoms with E-state index in [1.807, 2.05) is 69.6 Å². The molecule has 0 bridgehead atoms. The average Bonchev–Trinajstić information content (AvgIpc) is 3.64. The Morgan fingerprint density at radius 1 is 0.966 bits per heavy atom. The molecule has 59 heavy (non-hydrogen) atoms. The number of hydrogen-bond acceptors (Lipinski definition) is 9. The van der Waals surface area contributed by atoms with Gasteiger partial charge in [0.2, 0.25) is 0 Å². The molecular weight excluding hydrogens is 791 g/mol. The zero-order chi connectivity index (χ0) is 42.7. The molecule has 316 valence electrons. The van der Waals surface area contributed by atoms with Crippen molar-refractivity contribution in [3.8, 4) is 16.9 Å². The number of carboxylic acids is 1. The minimum Gasteiger partial charge on any atom is -0.494 e. The van der Waals surface area contributed by atoms with Gasteiger partial charge in [0.1, 0.15) is 17.9 Å². The number of aldehydes is 1. The molecule has 2 aromatic heterocycles. The number of nitrogens with zero attached hydrogens (tertiary/aromatic N) is 8. The second-order valence-electron chi connectivity index (χ2n) is 16.1. The number of carboxylic acid groups (broad SMARTS) is 1. The first-order chi connectivity index (χ1) is 28.1. The number of aryl methyl sites for hydroxylation is 4. The normalized spacial score (nSPS) is 16.5. The molecule has 1 fully saturated rings. The Hall–Kier alpha value is -4.85. The first-order valence-electron chi connectivity index (χ1n) is 20.2. The Kier molecular flexibility index (Phi) is 13.8. The van der Waals surface area contributed by atoms with Crippen LogP contribution in [-0.2, 0) is 18.4 Å². The van der Waals surface area contributed by atoms with Gasteiger partial charge in [-0.25, -0.2) is 14.6 Å². The van der Waals surface area contributed by atoms with Crippen LogP contribution in [0.15, 0.2) is 36.4 Å². The van der Waals surface area contributed by atoms with E-state index < -0.39 is 12.0 Å². The standard InChI is InChI=1S/C44H56Cl2N8O5/c1-27-21-33(22-28(2)41(27)46)59-20-9-11-34-35-12-13-36(45)40(39-29(3)48-51(8)30(39)4)42(35)54(37(34)26-55)15-10-14-50(7)25-32-23-31(43(56)57)24-38(47-32)52-16-18-53(19-17-52)44(58)49(5)6/h12-13,21-24,26,34,37H,9-11,14-20,25H2,1-8H3,(H,56,57). The zero-order valence-electron chi connectivity index (χ0n) is 35.4. The van der Waals surface area contributed by atoms with Crippen molar-refractivity contribution in [1.29, 1.82) is 0 Å². The minimum atomic E-state index is -1.02. The van der Waals surface area contributed by atoms with Crippen molar-refractivity contribution < 1.29 is 24.2 Å². The molecule has 4 heterocycles. The predicted octanol–water partition coefficient (Wildman–Crippen LogP) is 7.38. The summed E-state index contributed by atoms with van der Waals surface area (Å²) in [5.74, 6) is 0.280. The lowest BCUT2D eigenvalue weighted by Gasteiger charge is -2.36. The lowest BCUT2D eigenvalue weighted by molar-refractivity contribution is -0.109. The largest absolute Gasteiger partial charge is 0.494 e. The maximum absolute atomic E-state index is 13.2. The van der Waals surface area contributed by atoms with Gasteiger partial charge in [-0.05, 0) is 108 Å². The summed E-state index contributed by atoms with van der Waals surface area (Å²) in [6.07, 6.45) is 3.26. The van der Waals surface area contributed by atoms with Crippen molar-refractivity contribution in [2.24, 2.45) is 7.05 Å². The van der Waals surface area contributed by atoms with E-state index in [4.69, 9.17) is 38.0 Å². The van der Waals surface area contributed by atoms with E-state index in [1.54, 1.807) is 36.0 Å². The van der Waals surface area contributed by atoms with Crippen LogP contribution < -0.4 is 14.5 Å². The number of pyridine rings is 1. The molecule has 6 rings (SSSR count). The van der Waals surface area contributed by atoms with Crippen LogP contribution in [0.25, 0.3) is 11.1 Å². The van der Waals surface area contributed by atoms with Crippen LogP contribution in [0.1, 0.15) is 69.3 Å². The number of aromatic nitrogens is 3. The van der Waals surface area contributed by atoms with E-state index in [2.05, 4.69) is 15.9 Å². The molecule has 4 aromatic rings. The number of rotatable bonds is 15. The SMILES string of the molecule is Cc1cc(OCCCC2c3ccc(Cl)c(-c4c(C)nn(C)c4C)c3N(CCCN(C)Cc3cc(C(=O)O)cc(N4CCN(C(=O)N(C)C)CC4)n3)C2C=O)cc(C)c1Cl. The van der Waals surface area contributed by atoms with Crippen LogP contribution in [-0.4, -0.2) is 126 Å². The van der Waals surface area contributed by atoms with Gasteiger partial charge in [-0.3, -0.25) is 4.68 Å². The number of carbonyl (C=O) groups excluding carboxylic acids is 2. The van der Waals surface area contributed by atoms with Crippen LogP contribution >= 0.6 is 23.2 Å². The van der Waals surface area contributed by atoms with Gasteiger partial charge in [0.25, 0.3) is 0 Å². The number of ether oxygens (including phenoxy) is 1. The number of amides is 2. The molecule has 15 heteroatoms. The molecule has 2 atom stereocenters. The maximum atomic E-state index is 13.2. The molecule has 0 saturated carbocycles. The number of fused-ring (bicyclic) bond motifs is 1. The van der Waals surface area contributed by atoms with Crippen LogP contribution in [0, 0.1) is 27.7 Å². The smallest absolute Gasteiger partial charge is 0.335 e. The molecular formula is C44H56Cl2N8O5. The molecule has 2 amide bonds. The second-order valence-corrected chi connectivity index (χ2v) is 16.9. The Morgan fingerprint density at radius 2 is 1.66 bits per heavy atom. The predicted molar refractivity (Wildman–Crippen MR) is 234 cm³/mol. The highest BCUT2D eigenvalue weighted by molar-refractivity contribution is 6.34. The van der Waals surface area contributed by atoms with Crippen LogP contribution in [0.4, 0.5) is 16.3 Å². The van der Waals surface area contributed by atoms with Crippen molar-refractivity contribution in [3.63, 3.8) is 0 Å². The topological polar surface area (TPSA) is 128 Å². The Morgan fingerprint density at radius 3 is 2.27 bits per heavy atom. The minimum absolute atomic E-state index is 0.0433. The van der Waals surface area contributed by atoms with Crippen LogP contribution in [0.5, 0.6) is 5.75 Å². The van der Waals surface area contributed by atoms with Gasteiger partial charge >= 0.3 is 12.0 Å². The number of benzene rings is 2. The molecule has 2 unspecified atom stereocenters. The van der Waals surface area contributed by atoms with Gasteiger partial charge < -0.3 is 39.1 Å². The molecule has 2 aliphatic heterocycles. The number of halogens is 2. The highest BCUT2D eigenvalue weighted by atomic mass is 35.5. The summed E-state index contributed by atoms with van der Waals surface area (Å²) in [6.45, 7) is 12.3. The molecule has 0 aliphatic carbocycles. The zero-order valence-corrected chi connectivity index (χ0v) is 36.9. The Bertz CT molecular complexity index is 2180. The molecule has 1 saturated heterocycles. The van der Waals surface area contributed by atoms with Gasteiger partial charge in [0.15, 0.2) is 0 Å². The average molecular weight is 848 g/mol. The first-order valence-corrected chi connectivity index (χ1v) is 20.9. The molecule has 1 N–H and O–H groups in total. The third-order valence-electron chi connectivity index (χ3n) is 11.6. The third kappa shape index (κ3) is 9.47. The monoisotopic (exact) mass is 846 g/mol. The lowest BCUT2D eigenvalue weighted by Crippen LogP contribution is -2.51. The second kappa shape index (κ2) is 18.6. The summed E-state index contributed by atoms with van der Waals surface area (Å²) >= 11 is 13.5. The Labute approximate surface area is 357 Å². The van der Waals surface area contributed by atoms with Crippen molar-refractivity contribution in [1.82, 2.24) is 29.5 Å². The fraction of sp³-hybridized carbons (Fsp3) is 0.477. The Balaban J connectivity index is 1.19. The van der Waals surface area contributed by atoms with Gasteiger partial charge in [0.05, 0.1) is 40.3 Å². The fourth-order valence-corrected chi connectivity index (χ4v) is 8.92. The molecule has 0 radical (unpaired) electrons. The number of urea groups is 1. The highest BCUT2D eigenvalue weighted by Gasteiger charge is 2.41. The highest BCUT2D eigenvalue weighted by Crippen LogP contribution is 2.51. The van der Waals surface area contributed by atoms with Gasteiger partial charge in [-0.2, -0.15) is 5.10 Å². The van der Waals surface area contributed by atoms with Crippen molar-refractivity contribution in [2.45, 2.75) is 65.5 Å². The first kappa shape index (κ1) is 43.7. The van der Waals surface area contributed by atoms with Gasteiger partial charge in [0, 0.05) is 88.2 Å². The van der Waals surface area contributed by atoms with E-state index in [1.165, 1.54) is 0 Å². The van der Waals surface area contributed by atoms with E-state index in [9.17, 15) is 19.5 Å². The summed E-state index contributed by atoms with van der Waals surface area (Å²) in [7, 11) is 7.39. The third-order valence-corrected chi connectivity index (χ3v) is 12.5. The number of piperazine rings is 1. The quantitative estimate of drug-likeness (QED) is 0.0957. The summed E-state index contributed by atoms with van der Waals surface area (Å²) in [6, 6.07) is 10.7. The lowest BCUT2D eigenvalue weighted by atomic mass is 9.89. The number of carbonyl (C=O) groups is 3. The van der Waals surface area contributed by atoms with Gasteiger partial charge in [-0.1, -0.05) is 29.3 Å². The number of aromatic carboxylic acids is 1. The fourth-order valence-electron chi connectivity index (χ4n) is 8.57. The summed E-state index contributed by atoms with van der Waals surface area (Å²) in [5.41, 5.74) is 8.55. The molecule has 0 spiro atoms. The molecule has 2 aromatic carbocycles. The van der Waals surface area contributed by atoms with E-state index >= 15 is 0 Å². The summed E-state index contributed by atoms with van der Waals surface area (Å²) in [5, 5.41) is 16.1. The van der Waals surface area contributed by atoms with E-state index in [-0.39, 0.29) is 17.5 Å². The summed E-state index contributed by atoms with van der Waals surface area (Å²) < 4.78 is 8.05.